The third-order valence-electron chi connectivity index (χ3n) is 2.77. The second-order valence-corrected chi connectivity index (χ2v) is 4.73. The van der Waals surface area contributed by atoms with E-state index >= 15 is 0 Å². The van der Waals surface area contributed by atoms with Gasteiger partial charge in [-0.2, -0.15) is 5.10 Å². The molecule has 1 aromatic heterocycles. The highest BCUT2D eigenvalue weighted by Crippen LogP contribution is 2.22. The first-order valence-corrected chi connectivity index (χ1v) is 6.41. The van der Waals surface area contributed by atoms with Gasteiger partial charge in [0.1, 0.15) is 6.10 Å². The van der Waals surface area contributed by atoms with Gasteiger partial charge < -0.3 is 9.47 Å². The zero-order valence-corrected chi connectivity index (χ0v) is 10.9. The average molecular weight is 257 g/mol. The smallest absolute Gasteiger partial charge is 0.233 e. The maximum absolute atomic E-state index is 5.80. The first kappa shape index (κ1) is 12.6. The van der Waals surface area contributed by atoms with E-state index < -0.39 is 0 Å². The summed E-state index contributed by atoms with van der Waals surface area (Å²) in [7, 11) is 0. The molecule has 0 bridgehead atoms. The van der Waals surface area contributed by atoms with Gasteiger partial charge in [0.25, 0.3) is 0 Å². The maximum Gasteiger partial charge on any atom is 0.233 e. The summed E-state index contributed by atoms with van der Waals surface area (Å²) in [6.45, 7) is 4.13. The highest BCUT2D eigenvalue weighted by Gasteiger charge is 2.26. The molecule has 5 heteroatoms. The van der Waals surface area contributed by atoms with Crippen molar-refractivity contribution in [1.82, 2.24) is 10.2 Å². The number of hydrogen-bond donors (Lipinski definition) is 0. The van der Waals surface area contributed by atoms with Crippen LogP contribution in [0.3, 0.4) is 0 Å². The molecule has 2 heterocycles. The number of rotatable bonds is 3. The molecule has 1 aliphatic rings. The van der Waals surface area contributed by atoms with Gasteiger partial charge in [-0.3, -0.25) is 0 Å². The van der Waals surface area contributed by atoms with Crippen LogP contribution in [-0.2, 0) is 10.6 Å². The molecule has 1 fully saturated rings. The van der Waals surface area contributed by atoms with Crippen LogP contribution < -0.4 is 4.74 Å². The summed E-state index contributed by atoms with van der Waals surface area (Å²) in [6.07, 6.45) is 2.41. The van der Waals surface area contributed by atoms with Crippen LogP contribution in [0.25, 0.3) is 0 Å². The summed E-state index contributed by atoms with van der Waals surface area (Å²) in [6, 6.07) is 3.65. The van der Waals surface area contributed by atoms with Gasteiger partial charge in [-0.15, -0.1) is 16.7 Å². The van der Waals surface area contributed by atoms with Gasteiger partial charge in [0.2, 0.25) is 5.88 Å². The SMILES string of the molecule is CC1CC(Oc2ccc(CCl)nn2)CC(C)O1. The van der Waals surface area contributed by atoms with E-state index in [1.807, 2.05) is 12.1 Å². The zero-order chi connectivity index (χ0) is 12.3. The molecule has 1 aliphatic heterocycles. The van der Waals surface area contributed by atoms with Crippen LogP contribution in [0.15, 0.2) is 12.1 Å². The van der Waals surface area contributed by atoms with Crippen molar-refractivity contribution in [2.75, 3.05) is 0 Å². The molecule has 4 nitrogen and oxygen atoms in total. The molecule has 2 rings (SSSR count). The van der Waals surface area contributed by atoms with Crippen LogP contribution in [0.1, 0.15) is 32.4 Å². The summed E-state index contributed by atoms with van der Waals surface area (Å²) in [5.41, 5.74) is 0.757. The number of ether oxygens (including phenoxy) is 2. The van der Waals surface area contributed by atoms with E-state index in [1.165, 1.54) is 0 Å². The molecule has 0 aliphatic carbocycles. The summed E-state index contributed by atoms with van der Waals surface area (Å²) >= 11 is 5.65. The molecule has 0 saturated carbocycles. The highest BCUT2D eigenvalue weighted by molar-refractivity contribution is 6.16. The van der Waals surface area contributed by atoms with Crippen molar-refractivity contribution in [3.05, 3.63) is 17.8 Å². The third-order valence-corrected chi connectivity index (χ3v) is 3.05. The first-order chi connectivity index (χ1) is 8.17. The Kier molecular flexibility index (Phi) is 4.18. The molecule has 0 aromatic carbocycles. The average Bonchev–Trinajstić information content (AvgIpc) is 2.28. The molecule has 0 radical (unpaired) electrons. The Morgan fingerprint density at radius 3 is 2.53 bits per heavy atom. The van der Waals surface area contributed by atoms with Crippen molar-refractivity contribution < 1.29 is 9.47 Å². The lowest BCUT2D eigenvalue weighted by atomic mass is 10.0. The Labute approximate surface area is 106 Å². The van der Waals surface area contributed by atoms with Gasteiger partial charge in [0, 0.05) is 18.9 Å². The van der Waals surface area contributed by atoms with Gasteiger partial charge in [-0.1, -0.05) is 0 Å². The Morgan fingerprint density at radius 1 is 1.29 bits per heavy atom. The van der Waals surface area contributed by atoms with E-state index in [9.17, 15) is 0 Å². The fourth-order valence-corrected chi connectivity index (χ4v) is 2.24. The van der Waals surface area contributed by atoms with E-state index in [4.69, 9.17) is 21.1 Å². The van der Waals surface area contributed by atoms with Crippen molar-refractivity contribution in [3.63, 3.8) is 0 Å². The van der Waals surface area contributed by atoms with Crippen LogP contribution in [0, 0.1) is 0 Å². The summed E-state index contributed by atoms with van der Waals surface area (Å²) in [5, 5.41) is 7.96. The van der Waals surface area contributed by atoms with Gasteiger partial charge in [-0.25, -0.2) is 0 Å². The van der Waals surface area contributed by atoms with E-state index in [0.717, 1.165) is 18.5 Å². The molecule has 2 unspecified atom stereocenters. The lowest BCUT2D eigenvalue weighted by Crippen LogP contribution is -2.35. The molecule has 2 atom stereocenters. The maximum atomic E-state index is 5.80. The second-order valence-electron chi connectivity index (χ2n) is 4.47. The van der Waals surface area contributed by atoms with E-state index in [-0.39, 0.29) is 18.3 Å². The van der Waals surface area contributed by atoms with E-state index in [1.54, 1.807) is 0 Å². The molecule has 0 spiro atoms. The molecule has 1 aromatic rings. The lowest BCUT2D eigenvalue weighted by Gasteiger charge is -2.31. The Balaban J connectivity index is 1.95. The van der Waals surface area contributed by atoms with Crippen molar-refractivity contribution in [2.45, 2.75) is 50.9 Å². The largest absolute Gasteiger partial charge is 0.473 e. The number of aromatic nitrogens is 2. The number of nitrogens with zero attached hydrogens (tertiary/aromatic N) is 2. The third kappa shape index (κ3) is 3.54. The first-order valence-electron chi connectivity index (χ1n) is 5.88. The van der Waals surface area contributed by atoms with Crippen LogP contribution in [-0.4, -0.2) is 28.5 Å². The highest BCUT2D eigenvalue weighted by atomic mass is 35.5. The molecule has 0 N–H and O–H groups in total. The number of halogens is 1. The zero-order valence-electron chi connectivity index (χ0n) is 10.1. The van der Waals surface area contributed by atoms with Crippen LogP contribution in [0.4, 0.5) is 0 Å². The standard InChI is InChI=1S/C12H17ClN2O2/c1-8-5-11(6-9(2)16-8)17-12-4-3-10(7-13)14-15-12/h3-4,8-9,11H,5-7H2,1-2H3. The van der Waals surface area contributed by atoms with Crippen molar-refractivity contribution >= 4 is 11.6 Å². The molecule has 17 heavy (non-hydrogen) atoms. The second kappa shape index (κ2) is 5.65. The minimum atomic E-state index is 0.157. The predicted molar refractivity (Wildman–Crippen MR) is 65.2 cm³/mol. The summed E-state index contributed by atoms with van der Waals surface area (Å²) in [4.78, 5) is 0. The minimum absolute atomic E-state index is 0.157. The Morgan fingerprint density at radius 2 is 2.00 bits per heavy atom. The van der Waals surface area contributed by atoms with E-state index in [2.05, 4.69) is 24.0 Å². The molecular weight excluding hydrogens is 240 g/mol. The quantitative estimate of drug-likeness (QED) is 0.780. The van der Waals surface area contributed by atoms with Crippen LogP contribution >= 0.6 is 11.6 Å². The van der Waals surface area contributed by atoms with Crippen molar-refractivity contribution in [3.8, 4) is 5.88 Å². The molecule has 0 amide bonds. The number of alkyl halides is 1. The molecule has 94 valence electrons. The van der Waals surface area contributed by atoms with E-state index in [0.29, 0.717) is 11.8 Å². The van der Waals surface area contributed by atoms with Crippen molar-refractivity contribution in [2.24, 2.45) is 0 Å². The van der Waals surface area contributed by atoms with Gasteiger partial charge in [0.15, 0.2) is 0 Å². The van der Waals surface area contributed by atoms with Crippen LogP contribution in [0.5, 0.6) is 5.88 Å². The number of hydrogen-bond acceptors (Lipinski definition) is 4. The topological polar surface area (TPSA) is 44.2 Å². The summed E-state index contributed by atoms with van der Waals surface area (Å²) in [5.74, 6) is 0.934. The fourth-order valence-electron chi connectivity index (χ4n) is 2.09. The Bertz CT molecular complexity index is 348. The normalized spacial score (nSPS) is 29.0. The lowest BCUT2D eigenvalue weighted by molar-refractivity contribution is -0.0731. The Hall–Kier alpha value is -0.870. The van der Waals surface area contributed by atoms with Gasteiger partial charge in [-0.05, 0) is 19.9 Å². The molecule has 1 saturated heterocycles. The molecular formula is C12H17ClN2O2. The fraction of sp³-hybridized carbons (Fsp3) is 0.667. The predicted octanol–water partition coefficient (Wildman–Crippen LogP) is 2.55. The van der Waals surface area contributed by atoms with Crippen molar-refractivity contribution in [1.29, 1.82) is 0 Å². The summed E-state index contributed by atoms with van der Waals surface area (Å²) < 4.78 is 11.5. The van der Waals surface area contributed by atoms with Crippen LogP contribution in [0.2, 0.25) is 0 Å². The monoisotopic (exact) mass is 256 g/mol. The van der Waals surface area contributed by atoms with Gasteiger partial charge >= 0.3 is 0 Å². The van der Waals surface area contributed by atoms with Gasteiger partial charge in [0.05, 0.1) is 23.8 Å². The minimum Gasteiger partial charge on any atom is -0.473 e.